The number of carbonyl (C=O) groups is 1. The van der Waals surface area contributed by atoms with E-state index >= 15 is 0 Å². The molecule has 0 saturated carbocycles. The van der Waals surface area contributed by atoms with E-state index in [1.165, 1.54) is 0 Å². The van der Waals surface area contributed by atoms with Gasteiger partial charge in [0.05, 0.1) is 17.1 Å². The summed E-state index contributed by atoms with van der Waals surface area (Å²) in [5.74, 6) is -0.0301. The number of benzene rings is 2. The van der Waals surface area contributed by atoms with E-state index in [4.69, 9.17) is 26.3 Å². The highest BCUT2D eigenvalue weighted by atomic mass is 35.5. The van der Waals surface area contributed by atoms with Gasteiger partial charge in [0, 0.05) is 10.9 Å². The van der Waals surface area contributed by atoms with Crippen LogP contribution >= 0.6 is 11.6 Å². The minimum Gasteiger partial charge on any atom is -0.479 e. The van der Waals surface area contributed by atoms with Crippen LogP contribution in [0.2, 0.25) is 5.15 Å². The first-order valence-electron chi connectivity index (χ1n) is 7.94. The molecule has 130 valence electrons. The summed E-state index contributed by atoms with van der Waals surface area (Å²) in [6.45, 7) is 1.61. The molecule has 0 aliphatic carbocycles. The lowest BCUT2D eigenvalue weighted by atomic mass is 10.2. The number of aromatic nitrogens is 1. The molecule has 0 radical (unpaired) electrons. The molecule has 6 heteroatoms. The summed E-state index contributed by atoms with van der Waals surface area (Å²) < 4.78 is 10.8. The topological polar surface area (TPSA) is 72.2 Å². The maximum atomic E-state index is 12.2. The Bertz CT molecular complexity index is 981. The number of carbonyl (C=O) groups excluding carboxylic acids is 1. The van der Waals surface area contributed by atoms with Crippen molar-refractivity contribution in [3.05, 3.63) is 70.9 Å². The van der Waals surface area contributed by atoms with E-state index in [2.05, 4.69) is 4.98 Å². The Morgan fingerprint density at radius 1 is 1.23 bits per heavy atom. The zero-order valence-electron chi connectivity index (χ0n) is 14.0. The molecule has 2 aromatic carbocycles. The molecule has 3 rings (SSSR count). The third-order valence-corrected chi connectivity index (χ3v) is 4.08. The monoisotopic (exact) mass is 366 g/mol. The molecule has 0 spiro atoms. The number of hydrogen-bond donors (Lipinski definition) is 0. The van der Waals surface area contributed by atoms with Gasteiger partial charge in [-0.2, -0.15) is 5.26 Å². The third kappa shape index (κ3) is 4.11. The quantitative estimate of drug-likeness (QED) is 0.498. The molecular formula is C20H15ClN2O3. The van der Waals surface area contributed by atoms with Crippen molar-refractivity contribution in [3.8, 4) is 11.8 Å². The summed E-state index contributed by atoms with van der Waals surface area (Å²) >= 11 is 6.16. The molecule has 0 aliphatic rings. The van der Waals surface area contributed by atoms with E-state index in [9.17, 15) is 4.79 Å². The zero-order chi connectivity index (χ0) is 18.5. The summed E-state index contributed by atoms with van der Waals surface area (Å²) in [4.78, 5) is 16.5. The number of nitriles is 1. The lowest BCUT2D eigenvalue weighted by Crippen LogP contribution is -2.26. The minimum absolute atomic E-state index is 0.0105. The summed E-state index contributed by atoms with van der Waals surface area (Å²) in [6.07, 6.45) is -0.796. The molecule has 0 bridgehead atoms. The molecular weight excluding hydrogens is 352 g/mol. The number of pyridine rings is 1. The molecule has 0 unspecified atom stereocenters. The second kappa shape index (κ2) is 7.85. The summed E-state index contributed by atoms with van der Waals surface area (Å²) in [6, 6.07) is 17.9. The van der Waals surface area contributed by atoms with Gasteiger partial charge in [0.1, 0.15) is 17.5 Å². The van der Waals surface area contributed by atoms with Crippen molar-refractivity contribution in [2.45, 2.75) is 19.6 Å². The molecule has 1 heterocycles. The van der Waals surface area contributed by atoms with Gasteiger partial charge in [-0.15, -0.1) is 0 Å². The number of para-hydroxylation sites is 1. The van der Waals surface area contributed by atoms with E-state index in [-0.39, 0.29) is 6.61 Å². The number of hydrogen-bond acceptors (Lipinski definition) is 5. The Morgan fingerprint density at radius 3 is 2.69 bits per heavy atom. The maximum Gasteiger partial charge on any atom is 0.347 e. The number of fused-ring (bicyclic) bond motifs is 1. The van der Waals surface area contributed by atoms with Crippen LogP contribution in [0.3, 0.4) is 0 Å². The fourth-order valence-electron chi connectivity index (χ4n) is 2.36. The molecule has 1 atom stereocenters. The van der Waals surface area contributed by atoms with Crippen molar-refractivity contribution < 1.29 is 14.3 Å². The number of rotatable bonds is 5. The van der Waals surface area contributed by atoms with Gasteiger partial charge < -0.3 is 9.47 Å². The molecule has 0 aliphatic heterocycles. The Kier molecular flexibility index (Phi) is 5.35. The highest BCUT2D eigenvalue weighted by Gasteiger charge is 2.17. The van der Waals surface area contributed by atoms with Crippen LogP contribution in [0, 0.1) is 11.3 Å². The molecule has 0 saturated heterocycles. The number of nitrogens with zero attached hydrogens (tertiary/aromatic N) is 2. The first-order valence-corrected chi connectivity index (χ1v) is 8.32. The van der Waals surface area contributed by atoms with E-state index in [1.54, 1.807) is 31.2 Å². The molecule has 5 nitrogen and oxygen atoms in total. The average molecular weight is 367 g/mol. The molecule has 0 amide bonds. The Balaban J connectivity index is 1.62. The molecule has 1 aromatic heterocycles. The van der Waals surface area contributed by atoms with Crippen LogP contribution in [-0.4, -0.2) is 17.1 Å². The van der Waals surface area contributed by atoms with Gasteiger partial charge in [0.25, 0.3) is 0 Å². The van der Waals surface area contributed by atoms with E-state index in [0.717, 1.165) is 10.9 Å². The van der Waals surface area contributed by atoms with Crippen LogP contribution in [0.5, 0.6) is 5.75 Å². The standard InChI is InChI=1S/C20H15ClN2O3/c1-13(26-17-8-6-14(11-22)7-9-17)20(24)25-12-16-10-15-4-2-3-5-18(15)23-19(16)21/h2-10,13H,12H2,1H3/t13-/m1/s1. The van der Waals surface area contributed by atoms with E-state index < -0.39 is 12.1 Å². The highest BCUT2D eigenvalue weighted by molar-refractivity contribution is 6.30. The van der Waals surface area contributed by atoms with Crippen molar-refractivity contribution in [2.75, 3.05) is 0 Å². The van der Waals surface area contributed by atoms with Crippen molar-refractivity contribution >= 4 is 28.5 Å². The number of halogens is 1. The molecule has 0 fully saturated rings. The molecule has 3 aromatic rings. The smallest absolute Gasteiger partial charge is 0.347 e. The normalized spacial score (nSPS) is 11.6. The summed E-state index contributed by atoms with van der Waals surface area (Å²) in [7, 11) is 0. The zero-order valence-corrected chi connectivity index (χ0v) is 14.7. The predicted molar refractivity (Wildman–Crippen MR) is 97.8 cm³/mol. The second-order valence-corrected chi connectivity index (χ2v) is 5.99. The van der Waals surface area contributed by atoms with E-state index in [0.29, 0.717) is 22.0 Å². The Hall–Kier alpha value is -3.10. The van der Waals surface area contributed by atoms with Gasteiger partial charge in [-0.05, 0) is 43.3 Å². The van der Waals surface area contributed by atoms with Gasteiger partial charge in [0.2, 0.25) is 0 Å². The van der Waals surface area contributed by atoms with Crippen molar-refractivity contribution in [2.24, 2.45) is 0 Å². The fraction of sp³-hybridized carbons (Fsp3) is 0.150. The highest BCUT2D eigenvalue weighted by Crippen LogP contribution is 2.21. The number of esters is 1. The second-order valence-electron chi connectivity index (χ2n) is 5.63. The van der Waals surface area contributed by atoms with Crippen LogP contribution in [0.15, 0.2) is 54.6 Å². The van der Waals surface area contributed by atoms with E-state index in [1.807, 2.05) is 36.4 Å². The van der Waals surface area contributed by atoms with Crippen LogP contribution < -0.4 is 4.74 Å². The maximum absolute atomic E-state index is 12.2. The van der Waals surface area contributed by atoms with Crippen LogP contribution in [-0.2, 0) is 16.1 Å². The summed E-state index contributed by atoms with van der Waals surface area (Å²) in [5, 5.41) is 10.0. The summed E-state index contributed by atoms with van der Waals surface area (Å²) in [5.41, 5.74) is 1.93. The first kappa shape index (κ1) is 17.7. The average Bonchev–Trinajstić information content (AvgIpc) is 2.66. The fourth-order valence-corrected chi connectivity index (χ4v) is 2.56. The van der Waals surface area contributed by atoms with Gasteiger partial charge >= 0.3 is 5.97 Å². The minimum atomic E-state index is -0.796. The third-order valence-electron chi connectivity index (χ3n) is 3.75. The van der Waals surface area contributed by atoms with Gasteiger partial charge in [-0.3, -0.25) is 0 Å². The SMILES string of the molecule is C[C@@H](Oc1ccc(C#N)cc1)C(=O)OCc1cc2ccccc2nc1Cl. The van der Waals surface area contributed by atoms with Crippen LogP contribution in [0.1, 0.15) is 18.1 Å². The van der Waals surface area contributed by atoms with Gasteiger partial charge in [0.15, 0.2) is 6.10 Å². The van der Waals surface area contributed by atoms with Crippen molar-refractivity contribution in [1.82, 2.24) is 4.98 Å². The Morgan fingerprint density at radius 2 is 1.96 bits per heavy atom. The van der Waals surface area contributed by atoms with Crippen molar-refractivity contribution in [1.29, 1.82) is 5.26 Å². The largest absolute Gasteiger partial charge is 0.479 e. The lowest BCUT2D eigenvalue weighted by molar-refractivity contribution is -0.152. The number of ether oxygens (including phenoxy) is 2. The van der Waals surface area contributed by atoms with Gasteiger partial charge in [-0.25, -0.2) is 9.78 Å². The lowest BCUT2D eigenvalue weighted by Gasteiger charge is -2.14. The first-order chi connectivity index (χ1) is 12.6. The van der Waals surface area contributed by atoms with Crippen LogP contribution in [0.4, 0.5) is 0 Å². The van der Waals surface area contributed by atoms with Crippen molar-refractivity contribution in [3.63, 3.8) is 0 Å². The molecule has 26 heavy (non-hydrogen) atoms. The molecule has 0 N–H and O–H groups in total. The Labute approximate surface area is 155 Å². The van der Waals surface area contributed by atoms with Crippen LogP contribution in [0.25, 0.3) is 10.9 Å². The predicted octanol–water partition coefficient (Wildman–Crippen LogP) is 4.27. The van der Waals surface area contributed by atoms with Gasteiger partial charge in [-0.1, -0.05) is 29.8 Å².